The largest absolute Gasteiger partial charge is 0.369 e. The van der Waals surface area contributed by atoms with Gasteiger partial charge in [0.25, 0.3) is 5.91 Å². The molecule has 10 heteroatoms. The van der Waals surface area contributed by atoms with Gasteiger partial charge in [0, 0.05) is 24.4 Å². The summed E-state index contributed by atoms with van der Waals surface area (Å²) in [4.78, 5) is 50.3. The van der Waals surface area contributed by atoms with E-state index in [2.05, 4.69) is 28.6 Å². The van der Waals surface area contributed by atoms with E-state index < -0.39 is 46.8 Å². The number of hydrogen-bond donors (Lipinski definition) is 5. The smallest absolute Gasteiger partial charge is 0.251 e. The molecule has 1 unspecified atom stereocenters. The van der Waals surface area contributed by atoms with Gasteiger partial charge in [-0.25, -0.2) is 4.39 Å². The first-order valence-corrected chi connectivity index (χ1v) is 11.9. The maximum Gasteiger partial charge on any atom is 0.251 e. The number of rotatable bonds is 10. The van der Waals surface area contributed by atoms with E-state index in [9.17, 15) is 23.6 Å². The summed E-state index contributed by atoms with van der Waals surface area (Å²) in [7, 11) is 0. The topological polar surface area (TPSA) is 130 Å². The Morgan fingerprint density at radius 1 is 1.09 bits per heavy atom. The Hall–Kier alpha value is -3.40. The number of nitrogens with one attached hydrogen (secondary N) is 3. The van der Waals surface area contributed by atoms with E-state index in [4.69, 9.17) is 5.73 Å². The highest BCUT2D eigenvalue weighted by atomic mass is 32.1. The lowest BCUT2D eigenvalue weighted by Crippen LogP contribution is -2.55. The molecule has 186 valence electrons. The third kappa shape index (κ3) is 7.54. The van der Waals surface area contributed by atoms with Gasteiger partial charge < -0.3 is 21.7 Å². The van der Waals surface area contributed by atoms with Crippen LogP contribution < -0.4 is 21.7 Å². The number of piperidine rings is 1. The molecule has 35 heavy (non-hydrogen) atoms. The van der Waals surface area contributed by atoms with Gasteiger partial charge in [-0.1, -0.05) is 30.3 Å². The highest BCUT2D eigenvalue weighted by Gasteiger charge is 2.33. The fourth-order valence-electron chi connectivity index (χ4n) is 4.01. The van der Waals surface area contributed by atoms with Gasteiger partial charge in [-0.15, -0.1) is 0 Å². The van der Waals surface area contributed by atoms with Crippen LogP contribution in [0.1, 0.15) is 35.2 Å². The molecule has 8 nitrogen and oxygen atoms in total. The van der Waals surface area contributed by atoms with Crippen molar-refractivity contribution in [2.45, 2.75) is 43.0 Å². The average molecular weight is 501 g/mol. The van der Waals surface area contributed by atoms with E-state index in [1.807, 2.05) is 0 Å². The minimum Gasteiger partial charge on any atom is -0.369 e. The molecule has 0 aromatic heterocycles. The van der Waals surface area contributed by atoms with Crippen molar-refractivity contribution in [1.29, 1.82) is 0 Å². The Balaban J connectivity index is 1.80. The fraction of sp³-hybridized carbons (Fsp3) is 0.360. The summed E-state index contributed by atoms with van der Waals surface area (Å²) in [5.41, 5.74) is 6.44. The minimum atomic E-state index is -1.04. The lowest BCUT2D eigenvalue weighted by molar-refractivity contribution is -0.129. The molecule has 4 amide bonds. The van der Waals surface area contributed by atoms with Gasteiger partial charge in [0.15, 0.2) is 0 Å². The maximum atomic E-state index is 13.4. The van der Waals surface area contributed by atoms with Crippen LogP contribution >= 0.6 is 12.6 Å². The summed E-state index contributed by atoms with van der Waals surface area (Å²) >= 11 is 4.28. The lowest BCUT2D eigenvalue weighted by Gasteiger charge is -2.30. The first kappa shape index (κ1) is 26.2. The van der Waals surface area contributed by atoms with E-state index in [-0.39, 0.29) is 18.7 Å². The van der Waals surface area contributed by atoms with Crippen LogP contribution in [0.25, 0.3) is 0 Å². The van der Waals surface area contributed by atoms with Crippen molar-refractivity contribution >= 4 is 36.3 Å². The first-order valence-electron chi connectivity index (χ1n) is 11.4. The average Bonchev–Trinajstić information content (AvgIpc) is 2.85. The van der Waals surface area contributed by atoms with Crippen LogP contribution in [0.3, 0.4) is 0 Å². The summed E-state index contributed by atoms with van der Waals surface area (Å²) < 4.78 is 13.4. The molecular formula is C25H29FN4O4S. The van der Waals surface area contributed by atoms with Crippen molar-refractivity contribution in [2.75, 3.05) is 6.54 Å². The van der Waals surface area contributed by atoms with Gasteiger partial charge >= 0.3 is 0 Å². The molecule has 3 rings (SSSR count). The normalized spacial score (nSPS) is 18.0. The van der Waals surface area contributed by atoms with E-state index in [1.165, 1.54) is 24.3 Å². The third-order valence-corrected chi connectivity index (χ3v) is 6.56. The van der Waals surface area contributed by atoms with E-state index in [1.54, 1.807) is 30.3 Å². The van der Waals surface area contributed by atoms with Gasteiger partial charge in [0.05, 0.1) is 6.04 Å². The van der Waals surface area contributed by atoms with E-state index in [0.29, 0.717) is 24.1 Å². The molecule has 1 aliphatic heterocycles. The number of benzene rings is 2. The maximum absolute atomic E-state index is 13.4. The molecule has 0 aliphatic carbocycles. The van der Waals surface area contributed by atoms with E-state index in [0.717, 1.165) is 6.42 Å². The van der Waals surface area contributed by atoms with E-state index >= 15 is 0 Å². The Morgan fingerprint density at radius 3 is 2.40 bits per heavy atom. The van der Waals surface area contributed by atoms with Crippen molar-refractivity contribution in [3.63, 3.8) is 0 Å². The van der Waals surface area contributed by atoms with Gasteiger partial charge in [-0.3, -0.25) is 19.2 Å². The van der Waals surface area contributed by atoms with Gasteiger partial charge in [-0.2, -0.15) is 12.6 Å². The molecule has 2 aromatic carbocycles. The molecule has 1 saturated heterocycles. The van der Waals surface area contributed by atoms with Gasteiger partial charge in [0.1, 0.15) is 17.1 Å². The van der Waals surface area contributed by atoms with Crippen molar-refractivity contribution in [3.8, 4) is 0 Å². The zero-order valence-corrected chi connectivity index (χ0v) is 20.0. The van der Waals surface area contributed by atoms with Crippen molar-refractivity contribution < 1.29 is 23.6 Å². The number of thiol groups is 1. The minimum absolute atomic E-state index is 0.0785. The monoisotopic (exact) mass is 500 g/mol. The zero-order chi connectivity index (χ0) is 25.4. The first-order chi connectivity index (χ1) is 16.7. The predicted molar refractivity (Wildman–Crippen MR) is 132 cm³/mol. The summed E-state index contributed by atoms with van der Waals surface area (Å²) in [5, 5.41) is 7.23. The molecule has 5 N–H and O–H groups in total. The van der Waals surface area contributed by atoms with Crippen LogP contribution in [0.5, 0.6) is 0 Å². The summed E-state index contributed by atoms with van der Waals surface area (Å²) in [5.74, 6) is -2.75. The Morgan fingerprint density at radius 2 is 1.77 bits per heavy atom. The molecule has 0 saturated carbocycles. The molecule has 1 fully saturated rings. The summed E-state index contributed by atoms with van der Waals surface area (Å²) in [6.45, 7) is 0.581. The highest BCUT2D eigenvalue weighted by molar-refractivity contribution is 7.81. The standard InChI is InChI=1S/C25H29FN4O4S/c26-18-10-8-15(9-11-18)13-20(30-24(33)16-5-2-1-3-6-16)25(34)29-19(21(35)22(27)31)14-17-7-4-12-28-23(17)32/h1-3,5-6,8-11,17,19-21,35H,4,7,12-14H2,(H2,27,31)(H,28,32)(H,29,34)(H,30,33)/t17-,19-,20+,21?/m1/s1. The number of hydrogen-bond acceptors (Lipinski definition) is 5. The van der Waals surface area contributed by atoms with Crippen molar-refractivity contribution in [1.82, 2.24) is 16.0 Å². The highest BCUT2D eigenvalue weighted by Crippen LogP contribution is 2.21. The van der Waals surface area contributed by atoms with Gasteiger partial charge in [-0.05, 0) is 49.1 Å². The molecule has 1 heterocycles. The number of halogens is 1. The zero-order valence-electron chi connectivity index (χ0n) is 19.1. The fourth-order valence-corrected chi connectivity index (χ4v) is 4.21. The van der Waals surface area contributed by atoms with Crippen LogP contribution in [0.4, 0.5) is 4.39 Å². The number of nitrogens with two attached hydrogens (primary N) is 1. The predicted octanol–water partition coefficient (Wildman–Crippen LogP) is 1.35. The molecule has 0 radical (unpaired) electrons. The van der Waals surface area contributed by atoms with Gasteiger partial charge in [0.2, 0.25) is 17.7 Å². The molecule has 0 spiro atoms. The molecule has 4 atom stereocenters. The quantitative estimate of drug-likeness (QED) is 0.315. The lowest BCUT2D eigenvalue weighted by atomic mass is 9.90. The molecule has 2 aromatic rings. The number of carbonyl (C=O) groups excluding carboxylic acids is 4. The third-order valence-electron chi connectivity index (χ3n) is 5.95. The van der Waals surface area contributed by atoms with Crippen molar-refractivity contribution in [3.05, 3.63) is 71.5 Å². The SMILES string of the molecule is NC(=O)C(S)[C@@H](C[C@H]1CCCNC1=O)NC(=O)[C@H](Cc1ccc(F)cc1)NC(=O)c1ccccc1. The Kier molecular flexibility index (Phi) is 9.25. The molecule has 0 bridgehead atoms. The second-order valence-corrected chi connectivity index (χ2v) is 9.11. The number of carbonyl (C=O) groups is 4. The van der Waals surface area contributed by atoms with Crippen molar-refractivity contribution in [2.24, 2.45) is 11.7 Å². The van der Waals surface area contributed by atoms with Crippen LogP contribution in [-0.2, 0) is 20.8 Å². The van der Waals surface area contributed by atoms with Crippen LogP contribution in [0.2, 0.25) is 0 Å². The van der Waals surface area contributed by atoms with Crippen LogP contribution in [0, 0.1) is 11.7 Å². The number of amides is 4. The van der Waals surface area contributed by atoms with Crippen LogP contribution in [0.15, 0.2) is 54.6 Å². The summed E-state index contributed by atoms with van der Waals surface area (Å²) in [6.07, 6.45) is 1.64. The Bertz CT molecular complexity index is 1050. The molecule has 1 aliphatic rings. The molecular weight excluding hydrogens is 471 g/mol. The Labute approximate surface area is 208 Å². The summed E-state index contributed by atoms with van der Waals surface area (Å²) in [6, 6.07) is 12.1. The van der Waals surface area contributed by atoms with Crippen LogP contribution in [-0.4, -0.2) is 47.5 Å². The second-order valence-electron chi connectivity index (χ2n) is 8.55. The number of primary amides is 1. The second kappa shape index (κ2) is 12.3.